The highest BCUT2D eigenvalue weighted by Gasteiger charge is 2.12. The zero-order valence-electron chi connectivity index (χ0n) is 11.9. The van der Waals surface area contributed by atoms with Gasteiger partial charge in [-0.2, -0.15) is 0 Å². The maximum absolute atomic E-state index is 5.90. The molecule has 1 aromatic rings. The molecule has 1 aliphatic rings. The van der Waals surface area contributed by atoms with Crippen LogP contribution in [0.5, 0.6) is 5.75 Å². The monoisotopic (exact) mass is 360 g/mol. The van der Waals surface area contributed by atoms with Crippen LogP contribution in [-0.2, 0) is 0 Å². The molecule has 0 spiro atoms. The van der Waals surface area contributed by atoms with Crippen molar-refractivity contribution < 1.29 is 4.74 Å². The molecule has 5 heteroatoms. The molecular weight excluding hydrogens is 340 g/mol. The molecule has 1 heterocycles. The van der Waals surface area contributed by atoms with Gasteiger partial charge in [-0.25, -0.2) is 0 Å². The number of nitrogens with zero attached hydrogens (tertiary/aromatic N) is 2. The van der Waals surface area contributed by atoms with Crippen molar-refractivity contribution in [2.45, 2.75) is 12.8 Å². The first-order valence-electron chi connectivity index (χ1n) is 7.14. The van der Waals surface area contributed by atoms with Crippen molar-refractivity contribution in [3.63, 3.8) is 0 Å². The minimum Gasteiger partial charge on any atom is -0.492 e. The maximum atomic E-state index is 5.90. The van der Waals surface area contributed by atoms with E-state index >= 15 is 0 Å². The van der Waals surface area contributed by atoms with E-state index in [-0.39, 0.29) is 0 Å². The van der Waals surface area contributed by atoms with Gasteiger partial charge in [0.15, 0.2) is 0 Å². The number of hydrogen-bond donors (Lipinski definition) is 0. The predicted molar refractivity (Wildman–Crippen MR) is 87.8 cm³/mol. The molecule has 2 rings (SSSR count). The Morgan fingerprint density at radius 2 is 1.95 bits per heavy atom. The van der Waals surface area contributed by atoms with Crippen LogP contribution in [0.25, 0.3) is 0 Å². The van der Waals surface area contributed by atoms with Gasteiger partial charge in [-0.05, 0) is 60.6 Å². The number of halogens is 2. The van der Waals surface area contributed by atoms with Gasteiger partial charge in [-0.15, -0.1) is 0 Å². The van der Waals surface area contributed by atoms with E-state index in [1.165, 1.54) is 39.1 Å². The minimum absolute atomic E-state index is 0.722. The summed E-state index contributed by atoms with van der Waals surface area (Å²) in [6.45, 7) is 6.70. The fraction of sp³-hybridized carbons (Fsp3) is 0.600. The quantitative estimate of drug-likeness (QED) is 0.721. The average molecular weight is 362 g/mol. The van der Waals surface area contributed by atoms with E-state index in [1.807, 2.05) is 18.2 Å². The fourth-order valence-corrected chi connectivity index (χ4v) is 3.08. The minimum atomic E-state index is 0.722. The Morgan fingerprint density at radius 1 is 1.20 bits per heavy atom. The second kappa shape index (κ2) is 8.23. The summed E-state index contributed by atoms with van der Waals surface area (Å²) in [5.41, 5.74) is 0. The summed E-state index contributed by atoms with van der Waals surface area (Å²) in [7, 11) is 2.19. The Labute approximate surface area is 135 Å². The van der Waals surface area contributed by atoms with Gasteiger partial charge in [0.2, 0.25) is 0 Å². The Kier molecular flexibility index (Phi) is 6.62. The molecule has 1 fully saturated rings. The molecule has 0 atom stereocenters. The summed E-state index contributed by atoms with van der Waals surface area (Å²) in [5, 5.41) is 0.722. The molecule has 0 saturated carbocycles. The predicted octanol–water partition coefficient (Wildman–Crippen LogP) is 3.51. The second-order valence-corrected chi connectivity index (χ2v) is 6.57. The first-order chi connectivity index (χ1) is 9.65. The standard InChI is InChI=1S/C15H22BrClN2O/c1-18-7-9-19(10-8-18)6-2-3-11-20-15-5-4-13(17)12-14(15)16/h4-5,12H,2-3,6-11H2,1H3. The smallest absolute Gasteiger partial charge is 0.133 e. The van der Waals surface area contributed by atoms with Crippen LogP contribution in [0.4, 0.5) is 0 Å². The summed E-state index contributed by atoms with van der Waals surface area (Å²) in [5.74, 6) is 0.869. The Hall–Kier alpha value is -0.290. The van der Waals surface area contributed by atoms with Crippen LogP contribution in [-0.4, -0.2) is 56.2 Å². The largest absolute Gasteiger partial charge is 0.492 e. The van der Waals surface area contributed by atoms with Crippen molar-refractivity contribution in [3.05, 3.63) is 27.7 Å². The van der Waals surface area contributed by atoms with E-state index < -0.39 is 0 Å². The molecular formula is C15H22BrClN2O. The Bertz CT molecular complexity index is 422. The number of likely N-dealkylation sites (N-methyl/N-ethyl adjacent to an activating group) is 1. The number of benzene rings is 1. The molecule has 1 saturated heterocycles. The zero-order chi connectivity index (χ0) is 14.4. The van der Waals surface area contributed by atoms with Gasteiger partial charge in [0, 0.05) is 31.2 Å². The Balaban J connectivity index is 1.59. The molecule has 0 unspecified atom stereocenters. The van der Waals surface area contributed by atoms with Crippen LogP contribution < -0.4 is 4.74 Å². The third-order valence-electron chi connectivity index (χ3n) is 3.62. The van der Waals surface area contributed by atoms with Crippen LogP contribution in [0.15, 0.2) is 22.7 Å². The van der Waals surface area contributed by atoms with Crippen LogP contribution >= 0.6 is 27.5 Å². The molecule has 0 N–H and O–H groups in total. The molecule has 0 amide bonds. The average Bonchev–Trinajstić information content (AvgIpc) is 2.42. The highest BCUT2D eigenvalue weighted by atomic mass is 79.9. The molecule has 1 aliphatic heterocycles. The van der Waals surface area contributed by atoms with Crippen LogP contribution in [0.3, 0.4) is 0 Å². The van der Waals surface area contributed by atoms with Crippen molar-refractivity contribution in [1.29, 1.82) is 0 Å². The normalized spacial score (nSPS) is 17.4. The van der Waals surface area contributed by atoms with Gasteiger partial charge in [-0.3, -0.25) is 0 Å². The third kappa shape index (κ3) is 5.24. The molecule has 0 bridgehead atoms. The number of rotatable bonds is 6. The highest BCUT2D eigenvalue weighted by Crippen LogP contribution is 2.28. The number of ether oxygens (including phenoxy) is 1. The zero-order valence-corrected chi connectivity index (χ0v) is 14.3. The highest BCUT2D eigenvalue weighted by molar-refractivity contribution is 9.10. The summed E-state index contributed by atoms with van der Waals surface area (Å²) >= 11 is 9.36. The lowest BCUT2D eigenvalue weighted by Crippen LogP contribution is -2.44. The SMILES string of the molecule is CN1CCN(CCCCOc2ccc(Cl)cc2Br)CC1. The van der Waals surface area contributed by atoms with E-state index in [2.05, 4.69) is 32.8 Å². The lowest BCUT2D eigenvalue weighted by atomic mass is 10.2. The molecule has 20 heavy (non-hydrogen) atoms. The summed E-state index contributed by atoms with van der Waals surface area (Å²) < 4.78 is 6.69. The van der Waals surface area contributed by atoms with E-state index in [0.717, 1.165) is 28.3 Å². The van der Waals surface area contributed by atoms with E-state index in [0.29, 0.717) is 0 Å². The van der Waals surface area contributed by atoms with E-state index in [1.54, 1.807) is 0 Å². The molecule has 3 nitrogen and oxygen atoms in total. The van der Waals surface area contributed by atoms with Gasteiger partial charge in [0.25, 0.3) is 0 Å². The van der Waals surface area contributed by atoms with Gasteiger partial charge in [0.1, 0.15) is 5.75 Å². The second-order valence-electron chi connectivity index (χ2n) is 5.28. The van der Waals surface area contributed by atoms with Crippen molar-refractivity contribution in [2.75, 3.05) is 46.4 Å². The maximum Gasteiger partial charge on any atom is 0.133 e. The fourth-order valence-electron chi connectivity index (χ4n) is 2.28. The topological polar surface area (TPSA) is 15.7 Å². The first kappa shape index (κ1) is 16.1. The lowest BCUT2D eigenvalue weighted by molar-refractivity contribution is 0.150. The summed E-state index contributed by atoms with van der Waals surface area (Å²) in [6, 6.07) is 5.62. The van der Waals surface area contributed by atoms with Crippen molar-refractivity contribution in [3.8, 4) is 5.75 Å². The van der Waals surface area contributed by atoms with Crippen molar-refractivity contribution in [1.82, 2.24) is 9.80 Å². The number of unbranched alkanes of at least 4 members (excludes halogenated alkanes) is 1. The molecule has 0 radical (unpaired) electrons. The van der Waals surface area contributed by atoms with Gasteiger partial charge >= 0.3 is 0 Å². The van der Waals surface area contributed by atoms with Gasteiger partial charge in [-0.1, -0.05) is 11.6 Å². The third-order valence-corrected chi connectivity index (χ3v) is 4.47. The molecule has 0 aromatic heterocycles. The summed E-state index contributed by atoms with van der Waals surface area (Å²) in [4.78, 5) is 4.93. The Morgan fingerprint density at radius 3 is 2.65 bits per heavy atom. The lowest BCUT2D eigenvalue weighted by Gasteiger charge is -2.32. The van der Waals surface area contributed by atoms with Gasteiger partial charge in [0.05, 0.1) is 11.1 Å². The number of piperazine rings is 1. The summed E-state index contributed by atoms with van der Waals surface area (Å²) in [6.07, 6.45) is 2.27. The van der Waals surface area contributed by atoms with Crippen LogP contribution in [0.2, 0.25) is 5.02 Å². The molecule has 1 aromatic carbocycles. The van der Waals surface area contributed by atoms with Crippen molar-refractivity contribution in [2.24, 2.45) is 0 Å². The molecule has 0 aliphatic carbocycles. The van der Waals surface area contributed by atoms with Crippen molar-refractivity contribution >= 4 is 27.5 Å². The van der Waals surface area contributed by atoms with Crippen LogP contribution in [0.1, 0.15) is 12.8 Å². The number of hydrogen-bond acceptors (Lipinski definition) is 3. The van der Waals surface area contributed by atoms with E-state index in [9.17, 15) is 0 Å². The first-order valence-corrected chi connectivity index (χ1v) is 8.31. The van der Waals surface area contributed by atoms with E-state index in [4.69, 9.17) is 16.3 Å². The van der Waals surface area contributed by atoms with Crippen LogP contribution in [0, 0.1) is 0 Å². The van der Waals surface area contributed by atoms with Gasteiger partial charge < -0.3 is 14.5 Å². The molecule has 112 valence electrons.